The van der Waals surface area contributed by atoms with Gasteiger partial charge >= 0.3 is 0 Å². The first-order valence-corrected chi connectivity index (χ1v) is 6.54. The van der Waals surface area contributed by atoms with E-state index in [1.807, 2.05) is 24.3 Å². The first-order valence-electron chi connectivity index (χ1n) is 6.54. The summed E-state index contributed by atoms with van der Waals surface area (Å²) >= 11 is 0. The topological polar surface area (TPSA) is 67.4 Å². The van der Waals surface area contributed by atoms with Crippen molar-refractivity contribution in [2.75, 3.05) is 12.4 Å². The maximum Gasteiger partial charge on any atom is 0.259 e. The number of anilines is 1. The number of fused-ring (bicyclic) bond motifs is 1. The summed E-state index contributed by atoms with van der Waals surface area (Å²) in [6.07, 6.45) is 0. The largest absolute Gasteiger partial charge is 0.497 e. The van der Waals surface area contributed by atoms with E-state index in [0.717, 1.165) is 17.0 Å². The first-order chi connectivity index (χ1) is 10.2. The van der Waals surface area contributed by atoms with Gasteiger partial charge in [-0.25, -0.2) is 0 Å². The molecule has 0 aliphatic carbocycles. The molecule has 1 aliphatic rings. The summed E-state index contributed by atoms with van der Waals surface area (Å²) in [4.78, 5) is 23.1. The van der Waals surface area contributed by atoms with E-state index in [-0.39, 0.29) is 11.8 Å². The Hall–Kier alpha value is -2.82. The highest BCUT2D eigenvalue weighted by Gasteiger charge is 2.26. The first kappa shape index (κ1) is 13.2. The third-order valence-corrected chi connectivity index (χ3v) is 3.39. The fourth-order valence-corrected chi connectivity index (χ4v) is 2.23. The Morgan fingerprint density at radius 3 is 2.43 bits per heavy atom. The van der Waals surface area contributed by atoms with Gasteiger partial charge in [-0.05, 0) is 35.9 Å². The molecule has 21 heavy (non-hydrogen) atoms. The summed E-state index contributed by atoms with van der Waals surface area (Å²) in [5, 5.41) is 5.51. The van der Waals surface area contributed by atoms with E-state index in [1.165, 1.54) is 0 Å². The maximum atomic E-state index is 11.6. The lowest BCUT2D eigenvalue weighted by Gasteiger charge is -2.08. The van der Waals surface area contributed by atoms with E-state index in [1.54, 1.807) is 25.3 Å². The van der Waals surface area contributed by atoms with Crippen LogP contribution >= 0.6 is 0 Å². The molecule has 0 spiro atoms. The number of hydrogen-bond donors (Lipinski definition) is 2. The minimum absolute atomic E-state index is 0.336. The summed E-state index contributed by atoms with van der Waals surface area (Å²) < 4.78 is 5.11. The highest BCUT2D eigenvalue weighted by molar-refractivity contribution is 6.21. The zero-order valence-electron chi connectivity index (χ0n) is 11.5. The van der Waals surface area contributed by atoms with E-state index in [9.17, 15) is 9.59 Å². The van der Waals surface area contributed by atoms with Gasteiger partial charge in [0.2, 0.25) is 0 Å². The zero-order chi connectivity index (χ0) is 14.8. The Labute approximate surface area is 121 Å². The summed E-state index contributed by atoms with van der Waals surface area (Å²) in [6, 6.07) is 12.9. The summed E-state index contributed by atoms with van der Waals surface area (Å²) in [5.41, 5.74) is 2.74. The molecule has 106 valence electrons. The Bertz CT molecular complexity index is 708. The van der Waals surface area contributed by atoms with Gasteiger partial charge in [0.15, 0.2) is 0 Å². The molecule has 0 fully saturated rings. The number of imide groups is 1. The van der Waals surface area contributed by atoms with Gasteiger partial charge in [0.05, 0.1) is 18.2 Å². The Morgan fingerprint density at radius 1 is 1.00 bits per heavy atom. The van der Waals surface area contributed by atoms with Crippen LogP contribution in [-0.4, -0.2) is 18.9 Å². The van der Waals surface area contributed by atoms with Crippen molar-refractivity contribution in [3.05, 3.63) is 59.2 Å². The van der Waals surface area contributed by atoms with E-state index >= 15 is 0 Å². The average molecular weight is 282 g/mol. The van der Waals surface area contributed by atoms with Crippen LogP contribution in [-0.2, 0) is 6.54 Å². The van der Waals surface area contributed by atoms with Crippen molar-refractivity contribution in [2.24, 2.45) is 0 Å². The quantitative estimate of drug-likeness (QED) is 0.844. The molecular formula is C16H14N2O3. The van der Waals surface area contributed by atoms with Crippen LogP contribution in [0.1, 0.15) is 26.3 Å². The molecule has 1 aliphatic heterocycles. The maximum absolute atomic E-state index is 11.6. The lowest BCUT2D eigenvalue weighted by atomic mass is 10.1. The van der Waals surface area contributed by atoms with Gasteiger partial charge in [-0.15, -0.1) is 0 Å². The van der Waals surface area contributed by atoms with Crippen molar-refractivity contribution in [2.45, 2.75) is 6.54 Å². The number of carbonyl (C=O) groups excluding carboxylic acids is 2. The van der Waals surface area contributed by atoms with Gasteiger partial charge in [0, 0.05) is 12.2 Å². The number of amides is 2. The predicted octanol–water partition coefficient (Wildman–Crippen LogP) is 2.19. The van der Waals surface area contributed by atoms with Crippen LogP contribution in [0, 0.1) is 0 Å². The van der Waals surface area contributed by atoms with Crippen LogP contribution in [0.4, 0.5) is 5.69 Å². The lowest BCUT2D eigenvalue weighted by Crippen LogP contribution is -2.19. The molecule has 0 saturated carbocycles. The van der Waals surface area contributed by atoms with E-state index in [0.29, 0.717) is 17.7 Å². The fraction of sp³-hybridized carbons (Fsp3) is 0.125. The van der Waals surface area contributed by atoms with Gasteiger partial charge in [0.25, 0.3) is 11.8 Å². The highest BCUT2D eigenvalue weighted by atomic mass is 16.5. The third kappa shape index (κ3) is 2.58. The minimum Gasteiger partial charge on any atom is -0.497 e. The molecule has 0 saturated heterocycles. The molecule has 0 aromatic heterocycles. The number of rotatable bonds is 4. The molecule has 0 radical (unpaired) electrons. The van der Waals surface area contributed by atoms with Crippen molar-refractivity contribution in [1.29, 1.82) is 0 Å². The lowest BCUT2D eigenvalue weighted by molar-refractivity contribution is 0.0879. The molecule has 1 heterocycles. The van der Waals surface area contributed by atoms with Gasteiger partial charge in [-0.1, -0.05) is 12.1 Å². The fourth-order valence-electron chi connectivity index (χ4n) is 2.23. The van der Waals surface area contributed by atoms with Gasteiger partial charge < -0.3 is 10.1 Å². The summed E-state index contributed by atoms with van der Waals surface area (Å²) in [7, 11) is 1.63. The molecule has 0 bridgehead atoms. The van der Waals surface area contributed by atoms with E-state index < -0.39 is 0 Å². The average Bonchev–Trinajstić information content (AvgIpc) is 2.80. The SMILES string of the molecule is COc1ccc(CNc2ccc3c(c2)C(=O)NC3=O)cc1. The normalized spacial score (nSPS) is 12.8. The van der Waals surface area contributed by atoms with Crippen LogP contribution < -0.4 is 15.4 Å². The molecule has 0 unspecified atom stereocenters. The number of hydrogen-bond acceptors (Lipinski definition) is 4. The second kappa shape index (κ2) is 5.28. The molecule has 2 aromatic rings. The molecule has 5 heteroatoms. The van der Waals surface area contributed by atoms with Crippen molar-refractivity contribution in [3.8, 4) is 5.75 Å². The number of methoxy groups -OCH3 is 1. The second-order valence-corrected chi connectivity index (χ2v) is 4.75. The Balaban J connectivity index is 1.72. The van der Waals surface area contributed by atoms with Gasteiger partial charge in [-0.3, -0.25) is 14.9 Å². The monoisotopic (exact) mass is 282 g/mol. The van der Waals surface area contributed by atoms with Crippen LogP contribution in [0.3, 0.4) is 0 Å². The highest BCUT2D eigenvalue weighted by Crippen LogP contribution is 2.21. The standard InChI is InChI=1S/C16H14N2O3/c1-21-12-5-2-10(3-6-12)9-17-11-4-7-13-14(8-11)16(20)18-15(13)19/h2-8,17H,9H2,1H3,(H,18,19,20). The number of benzene rings is 2. The molecule has 0 atom stereocenters. The summed E-state index contributed by atoms with van der Waals surface area (Å²) in [5.74, 6) is 0.131. The van der Waals surface area contributed by atoms with E-state index in [2.05, 4.69) is 10.6 Å². The number of ether oxygens (including phenoxy) is 1. The van der Waals surface area contributed by atoms with E-state index in [4.69, 9.17) is 4.74 Å². The molecule has 2 aromatic carbocycles. The van der Waals surface area contributed by atoms with Crippen LogP contribution in [0.25, 0.3) is 0 Å². The third-order valence-electron chi connectivity index (χ3n) is 3.39. The molecule has 5 nitrogen and oxygen atoms in total. The summed E-state index contributed by atoms with van der Waals surface area (Å²) in [6.45, 7) is 0.623. The molecular weight excluding hydrogens is 268 g/mol. The van der Waals surface area contributed by atoms with Crippen molar-refractivity contribution >= 4 is 17.5 Å². The Morgan fingerprint density at radius 2 is 1.71 bits per heavy atom. The molecule has 3 rings (SSSR count). The van der Waals surface area contributed by atoms with Crippen LogP contribution in [0.15, 0.2) is 42.5 Å². The number of carbonyl (C=O) groups is 2. The van der Waals surface area contributed by atoms with Crippen molar-refractivity contribution < 1.29 is 14.3 Å². The van der Waals surface area contributed by atoms with Crippen molar-refractivity contribution in [1.82, 2.24) is 5.32 Å². The number of nitrogens with one attached hydrogen (secondary N) is 2. The molecule has 2 N–H and O–H groups in total. The van der Waals surface area contributed by atoms with Gasteiger partial charge in [0.1, 0.15) is 5.75 Å². The Kier molecular flexibility index (Phi) is 3.31. The predicted molar refractivity (Wildman–Crippen MR) is 78.6 cm³/mol. The smallest absolute Gasteiger partial charge is 0.259 e. The second-order valence-electron chi connectivity index (χ2n) is 4.75. The van der Waals surface area contributed by atoms with Crippen LogP contribution in [0.2, 0.25) is 0 Å². The zero-order valence-corrected chi connectivity index (χ0v) is 11.5. The van der Waals surface area contributed by atoms with Crippen LogP contribution in [0.5, 0.6) is 5.75 Å². The van der Waals surface area contributed by atoms with Gasteiger partial charge in [-0.2, -0.15) is 0 Å². The minimum atomic E-state index is -0.344. The van der Waals surface area contributed by atoms with Crippen molar-refractivity contribution in [3.63, 3.8) is 0 Å². The molecule has 2 amide bonds.